The minimum atomic E-state index is -0.457. The molecule has 33 heavy (non-hydrogen) atoms. The van der Waals surface area contributed by atoms with Gasteiger partial charge in [0.1, 0.15) is 5.65 Å². The van der Waals surface area contributed by atoms with E-state index in [1.54, 1.807) is 28.8 Å². The van der Waals surface area contributed by atoms with Crippen LogP contribution in [0.25, 0.3) is 28.0 Å². The number of nitro benzene ring substituents is 1. The highest BCUT2D eigenvalue weighted by Gasteiger charge is 2.19. The van der Waals surface area contributed by atoms with Crippen molar-refractivity contribution in [1.29, 1.82) is 0 Å². The lowest BCUT2D eigenvalue weighted by atomic mass is 10.0. The predicted octanol–water partition coefficient (Wildman–Crippen LogP) is 5.51. The second-order valence-corrected chi connectivity index (χ2v) is 8.01. The zero-order valence-electron chi connectivity index (χ0n) is 17.2. The maximum atomic E-state index is 12.6. The fraction of sp³-hybridized carbons (Fsp3) is 0.0400. The molecule has 5 aromatic rings. The van der Waals surface area contributed by atoms with E-state index >= 15 is 0 Å². The lowest BCUT2D eigenvalue weighted by Crippen LogP contribution is -2.09. The van der Waals surface area contributed by atoms with Crippen LogP contribution in [0.4, 0.5) is 5.69 Å². The van der Waals surface area contributed by atoms with Gasteiger partial charge in [0.2, 0.25) is 0 Å². The molecule has 0 saturated carbocycles. The first-order chi connectivity index (χ1) is 16.0. The summed E-state index contributed by atoms with van der Waals surface area (Å²) in [6.45, 7) is 0. The molecule has 2 heterocycles. The molecule has 8 heteroatoms. The zero-order valence-corrected chi connectivity index (χ0v) is 18.0. The van der Waals surface area contributed by atoms with Crippen molar-refractivity contribution in [2.45, 2.75) is 6.42 Å². The summed E-state index contributed by atoms with van der Waals surface area (Å²) in [6.07, 6.45) is 0.558. The van der Waals surface area contributed by atoms with Crippen molar-refractivity contribution in [2.75, 3.05) is 0 Å². The molecule has 0 aliphatic carbocycles. The predicted molar refractivity (Wildman–Crippen MR) is 128 cm³/mol. The smallest absolute Gasteiger partial charge is 0.269 e. The molecule has 0 radical (unpaired) electrons. The molecule has 0 aliphatic rings. The Labute approximate surface area is 193 Å². The molecule has 0 saturated heterocycles. The highest BCUT2D eigenvalue weighted by molar-refractivity contribution is 6.30. The van der Waals surface area contributed by atoms with Gasteiger partial charge in [0.25, 0.3) is 11.2 Å². The quantitative estimate of drug-likeness (QED) is 0.279. The maximum Gasteiger partial charge on any atom is 0.269 e. The molecule has 0 bridgehead atoms. The minimum Gasteiger partial charge on any atom is -0.306 e. The largest absolute Gasteiger partial charge is 0.306 e. The van der Waals surface area contributed by atoms with E-state index in [2.05, 4.69) is 4.98 Å². The van der Waals surface area contributed by atoms with Crippen molar-refractivity contribution < 1.29 is 4.92 Å². The molecule has 2 aromatic heterocycles. The number of nitrogens with zero attached hydrogens (tertiary/aromatic N) is 3. The van der Waals surface area contributed by atoms with Crippen LogP contribution in [0.2, 0.25) is 5.02 Å². The van der Waals surface area contributed by atoms with Gasteiger partial charge in [-0.3, -0.25) is 14.9 Å². The highest BCUT2D eigenvalue weighted by atomic mass is 35.5. The molecule has 3 aromatic carbocycles. The van der Waals surface area contributed by atoms with Crippen LogP contribution < -0.4 is 5.56 Å². The third-order valence-corrected chi connectivity index (χ3v) is 5.67. The van der Waals surface area contributed by atoms with Crippen molar-refractivity contribution in [3.63, 3.8) is 0 Å². The average Bonchev–Trinajstić information content (AvgIpc) is 3.17. The first kappa shape index (κ1) is 20.7. The number of nitrogens with one attached hydrogen (secondary N) is 1. The van der Waals surface area contributed by atoms with Gasteiger partial charge in [-0.1, -0.05) is 54.1 Å². The lowest BCUT2D eigenvalue weighted by Gasteiger charge is -2.06. The van der Waals surface area contributed by atoms with Crippen LogP contribution in [0.1, 0.15) is 11.3 Å². The molecule has 7 nitrogen and oxygen atoms in total. The van der Waals surface area contributed by atoms with E-state index in [0.717, 1.165) is 22.4 Å². The number of non-ortho nitro benzene ring substituents is 1. The van der Waals surface area contributed by atoms with Gasteiger partial charge in [0, 0.05) is 40.8 Å². The molecule has 162 valence electrons. The number of halogens is 1. The first-order valence-corrected chi connectivity index (χ1v) is 10.6. The van der Waals surface area contributed by atoms with Crippen molar-refractivity contribution >= 4 is 22.9 Å². The van der Waals surface area contributed by atoms with Crippen LogP contribution >= 0.6 is 11.6 Å². The molecule has 0 spiro atoms. The number of aromatic amines is 1. The standard InChI is InChI=1S/C25H17ClN4O3/c26-19-10-6-18(7-11-19)24-21(14-16-4-2-1-3-5-16)28-29-22(15-23(31)27-25(24)29)17-8-12-20(13-9-17)30(32)33/h1-13,15H,14H2,(H,27,31). The second-order valence-electron chi connectivity index (χ2n) is 7.57. The number of nitro groups is 1. The van der Waals surface area contributed by atoms with Gasteiger partial charge in [-0.25, -0.2) is 4.52 Å². The number of hydrogen-bond acceptors (Lipinski definition) is 4. The SMILES string of the molecule is O=c1cc(-c2ccc([N+](=O)[O-])cc2)n2nc(Cc3ccccc3)c(-c3ccc(Cl)cc3)c2[nH]1. The van der Waals surface area contributed by atoms with E-state index in [0.29, 0.717) is 28.3 Å². The Balaban J connectivity index is 1.75. The normalized spacial score (nSPS) is 11.1. The van der Waals surface area contributed by atoms with Crippen molar-refractivity contribution in [3.8, 4) is 22.4 Å². The van der Waals surface area contributed by atoms with Gasteiger partial charge < -0.3 is 4.98 Å². The fourth-order valence-electron chi connectivity index (χ4n) is 3.88. The summed E-state index contributed by atoms with van der Waals surface area (Å²) in [7, 11) is 0. The maximum absolute atomic E-state index is 12.6. The monoisotopic (exact) mass is 456 g/mol. The Morgan fingerprint density at radius 1 is 0.939 bits per heavy atom. The first-order valence-electron chi connectivity index (χ1n) is 10.2. The van der Waals surface area contributed by atoms with E-state index in [9.17, 15) is 14.9 Å². The molecule has 0 aliphatic heterocycles. The summed E-state index contributed by atoms with van der Waals surface area (Å²) in [6, 6.07) is 24.8. The number of benzene rings is 3. The molecule has 1 N–H and O–H groups in total. The topological polar surface area (TPSA) is 93.3 Å². The molecule has 0 unspecified atom stereocenters. The summed E-state index contributed by atoms with van der Waals surface area (Å²) in [5.41, 5.74) is 4.96. The van der Waals surface area contributed by atoms with E-state index < -0.39 is 4.92 Å². The van der Waals surface area contributed by atoms with Crippen molar-refractivity contribution in [1.82, 2.24) is 14.6 Å². The fourth-order valence-corrected chi connectivity index (χ4v) is 4.01. The highest BCUT2D eigenvalue weighted by Crippen LogP contribution is 2.32. The van der Waals surface area contributed by atoms with Crippen LogP contribution in [0, 0.1) is 10.1 Å². The third-order valence-electron chi connectivity index (χ3n) is 5.42. The van der Waals surface area contributed by atoms with E-state index in [4.69, 9.17) is 16.7 Å². The molecule has 0 atom stereocenters. The lowest BCUT2D eigenvalue weighted by molar-refractivity contribution is -0.384. The number of hydrogen-bond donors (Lipinski definition) is 1. The Hall–Kier alpha value is -4.23. The number of aromatic nitrogens is 3. The minimum absolute atomic E-state index is 0.0214. The van der Waals surface area contributed by atoms with Crippen LogP contribution in [0.15, 0.2) is 89.7 Å². The summed E-state index contributed by atoms with van der Waals surface area (Å²) in [4.78, 5) is 26.1. The van der Waals surface area contributed by atoms with Gasteiger partial charge in [0.05, 0.1) is 16.3 Å². The molecular weight excluding hydrogens is 440 g/mol. The van der Waals surface area contributed by atoms with Gasteiger partial charge in [-0.2, -0.15) is 5.10 Å². The zero-order chi connectivity index (χ0) is 22.9. The van der Waals surface area contributed by atoms with Crippen molar-refractivity contribution in [3.05, 3.63) is 122 Å². The Kier molecular flexibility index (Phi) is 5.24. The van der Waals surface area contributed by atoms with Gasteiger partial charge in [-0.05, 0) is 35.4 Å². The Morgan fingerprint density at radius 3 is 2.27 bits per heavy atom. The van der Waals surface area contributed by atoms with Crippen molar-refractivity contribution in [2.24, 2.45) is 0 Å². The van der Waals surface area contributed by atoms with Crippen LogP contribution in [-0.2, 0) is 6.42 Å². The summed E-state index contributed by atoms with van der Waals surface area (Å²) in [5.74, 6) is 0. The third kappa shape index (κ3) is 4.02. The average molecular weight is 457 g/mol. The summed E-state index contributed by atoms with van der Waals surface area (Å²) < 4.78 is 1.69. The summed E-state index contributed by atoms with van der Waals surface area (Å²) >= 11 is 6.10. The van der Waals surface area contributed by atoms with Gasteiger partial charge in [0.15, 0.2) is 0 Å². The molecule has 5 rings (SSSR count). The number of rotatable bonds is 5. The second kappa shape index (κ2) is 8.37. The van der Waals surface area contributed by atoms with Crippen LogP contribution in [0.3, 0.4) is 0 Å². The van der Waals surface area contributed by atoms with Crippen LogP contribution in [-0.4, -0.2) is 19.5 Å². The molecular formula is C25H17ClN4O3. The van der Waals surface area contributed by atoms with E-state index in [1.807, 2.05) is 42.5 Å². The summed E-state index contributed by atoms with van der Waals surface area (Å²) in [5, 5.41) is 16.5. The van der Waals surface area contributed by atoms with Crippen LogP contribution in [0.5, 0.6) is 0 Å². The van der Waals surface area contributed by atoms with E-state index in [1.165, 1.54) is 18.2 Å². The van der Waals surface area contributed by atoms with E-state index in [-0.39, 0.29) is 11.2 Å². The Morgan fingerprint density at radius 2 is 1.61 bits per heavy atom. The molecule has 0 fully saturated rings. The molecule has 0 amide bonds. The Bertz CT molecular complexity index is 1520. The van der Waals surface area contributed by atoms with Gasteiger partial charge in [-0.15, -0.1) is 0 Å². The number of fused-ring (bicyclic) bond motifs is 1. The van der Waals surface area contributed by atoms with Gasteiger partial charge >= 0.3 is 0 Å². The number of H-pyrrole nitrogens is 1.